The van der Waals surface area contributed by atoms with Crippen LogP contribution in [0.4, 0.5) is 24.7 Å². The number of amides is 1. The molecule has 1 saturated heterocycles. The van der Waals surface area contributed by atoms with Crippen molar-refractivity contribution in [2.24, 2.45) is 5.92 Å². The van der Waals surface area contributed by atoms with E-state index in [4.69, 9.17) is 15.5 Å². The highest BCUT2D eigenvalue weighted by Gasteiger charge is 2.49. The van der Waals surface area contributed by atoms with Crippen molar-refractivity contribution in [1.29, 1.82) is 0 Å². The molecule has 0 radical (unpaired) electrons. The summed E-state index contributed by atoms with van der Waals surface area (Å²) in [7, 11) is 2.98. The Balaban J connectivity index is 1.27. The molecular weight excluding hydrogens is 517 g/mol. The van der Waals surface area contributed by atoms with E-state index in [2.05, 4.69) is 15.6 Å². The third-order valence-corrected chi connectivity index (χ3v) is 8.65. The number of anilines is 2. The van der Waals surface area contributed by atoms with E-state index in [0.29, 0.717) is 46.7 Å². The Morgan fingerprint density at radius 2 is 2.11 bits per heavy atom. The monoisotopic (exact) mass is 548 g/mol. The molecule has 2 aliphatic rings. The minimum atomic E-state index is -2.95. The number of carbonyl (C=O) groups excluding carboxylic acids is 1. The van der Waals surface area contributed by atoms with Crippen LogP contribution >= 0.6 is 11.3 Å². The van der Waals surface area contributed by atoms with Gasteiger partial charge in [-0.05, 0) is 50.9 Å². The van der Waals surface area contributed by atoms with Gasteiger partial charge in [0.25, 0.3) is 11.8 Å². The summed E-state index contributed by atoms with van der Waals surface area (Å²) in [4.78, 5) is 24.8. The van der Waals surface area contributed by atoms with E-state index in [-0.39, 0.29) is 35.9 Å². The highest BCUT2D eigenvalue weighted by Crippen LogP contribution is 2.36. The lowest BCUT2D eigenvalue weighted by Gasteiger charge is -2.27. The van der Waals surface area contributed by atoms with Crippen molar-refractivity contribution < 1.29 is 22.7 Å². The Kier molecular flexibility index (Phi) is 7.23. The quantitative estimate of drug-likeness (QED) is 0.416. The van der Waals surface area contributed by atoms with E-state index in [9.17, 15) is 18.0 Å². The van der Waals surface area contributed by atoms with Gasteiger partial charge in [0.2, 0.25) is 0 Å². The summed E-state index contributed by atoms with van der Waals surface area (Å²) in [5.74, 6) is -3.92. The van der Waals surface area contributed by atoms with Crippen molar-refractivity contribution in [2.45, 2.75) is 44.2 Å². The van der Waals surface area contributed by atoms with Crippen molar-refractivity contribution in [3.63, 3.8) is 0 Å². The predicted octanol–water partition coefficient (Wildman–Crippen LogP) is 3.31. The van der Waals surface area contributed by atoms with Gasteiger partial charge in [0, 0.05) is 43.4 Å². The van der Waals surface area contributed by atoms with E-state index in [1.165, 1.54) is 13.2 Å². The maximum Gasteiger partial charge on any atom is 0.276 e. The molecule has 3 unspecified atom stereocenters. The Bertz CT molecular complexity index is 1370. The molecule has 0 spiro atoms. The van der Waals surface area contributed by atoms with Gasteiger partial charge in [0.05, 0.1) is 17.3 Å². The smallest absolute Gasteiger partial charge is 0.276 e. The number of pyridine rings is 2. The normalized spacial score (nSPS) is 21.6. The summed E-state index contributed by atoms with van der Waals surface area (Å²) in [5, 5.41) is 6.52. The van der Waals surface area contributed by atoms with Crippen LogP contribution in [-0.2, 0) is 17.6 Å². The summed E-state index contributed by atoms with van der Waals surface area (Å²) >= 11 is 1.15. The lowest BCUT2D eigenvalue weighted by Crippen LogP contribution is -2.45. The number of rotatable bonds is 7. The number of nitrogen functional groups attached to an aromatic ring is 1. The number of thiophene rings is 1. The van der Waals surface area contributed by atoms with Crippen molar-refractivity contribution in [3.05, 3.63) is 45.8 Å². The zero-order chi connectivity index (χ0) is 27.2. The van der Waals surface area contributed by atoms with Gasteiger partial charge in [0.15, 0.2) is 0 Å². The zero-order valence-corrected chi connectivity index (χ0v) is 22.3. The van der Waals surface area contributed by atoms with Crippen molar-refractivity contribution in [3.8, 4) is 0 Å². The molecule has 1 fully saturated rings. The number of halogens is 3. The number of nitrogens with zero attached hydrogens (tertiary/aromatic N) is 3. The standard InChI is InChI=1S/C26H31F3N6O2S/c1-13-18(27)9-16-22(30)23(38-25(16)32-13)24(36)33-15-5-6-19-14(8-15)4-7-21(34-19)35-10-17(20(11-35)31-2)26(28,29)12-37-3/h4,7,9,15,17,20,31H,5-6,8,10-12,30H2,1-3H3,(H,33,36). The predicted molar refractivity (Wildman–Crippen MR) is 142 cm³/mol. The molecule has 0 saturated carbocycles. The average molecular weight is 549 g/mol. The van der Waals surface area contributed by atoms with Crippen LogP contribution in [0, 0.1) is 18.7 Å². The Hall–Kier alpha value is -2.96. The van der Waals surface area contributed by atoms with E-state index >= 15 is 0 Å². The minimum absolute atomic E-state index is 0.115. The van der Waals surface area contributed by atoms with Gasteiger partial charge in [-0.1, -0.05) is 6.07 Å². The SMILES string of the molecule is CNC1CN(c2ccc3c(n2)CCC(NC(=O)c2sc4nc(C)c(F)cc4c2N)C3)CC1C(F)(F)COC. The molecule has 5 rings (SSSR count). The maximum atomic E-state index is 14.6. The summed E-state index contributed by atoms with van der Waals surface area (Å²) in [5.41, 5.74) is 8.58. The number of aryl methyl sites for hydroxylation is 2. The van der Waals surface area contributed by atoms with Crippen molar-refractivity contribution >= 4 is 39.0 Å². The van der Waals surface area contributed by atoms with E-state index in [1.54, 1.807) is 14.0 Å². The van der Waals surface area contributed by atoms with Crippen LogP contribution in [0.2, 0.25) is 0 Å². The minimum Gasteiger partial charge on any atom is -0.397 e. The second kappa shape index (κ2) is 10.3. The Morgan fingerprint density at radius 3 is 2.84 bits per heavy atom. The molecule has 0 aromatic carbocycles. The van der Waals surface area contributed by atoms with E-state index in [1.807, 2.05) is 17.0 Å². The maximum absolute atomic E-state index is 14.6. The largest absolute Gasteiger partial charge is 0.397 e. The van der Waals surface area contributed by atoms with Gasteiger partial charge in [-0.2, -0.15) is 0 Å². The number of carbonyl (C=O) groups is 1. The number of fused-ring (bicyclic) bond motifs is 2. The van der Waals surface area contributed by atoms with E-state index in [0.717, 1.165) is 22.6 Å². The van der Waals surface area contributed by atoms with Gasteiger partial charge in [-0.15, -0.1) is 11.3 Å². The molecule has 3 aromatic heterocycles. The summed E-state index contributed by atoms with van der Waals surface area (Å²) < 4.78 is 48.0. The highest BCUT2D eigenvalue weighted by molar-refractivity contribution is 7.21. The second-order valence-electron chi connectivity index (χ2n) is 10.0. The molecule has 38 heavy (non-hydrogen) atoms. The van der Waals surface area contributed by atoms with Crippen LogP contribution in [-0.4, -0.2) is 67.7 Å². The highest BCUT2D eigenvalue weighted by atomic mass is 32.1. The average Bonchev–Trinajstić information content (AvgIpc) is 3.46. The zero-order valence-electron chi connectivity index (χ0n) is 21.5. The van der Waals surface area contributed by atoms with Gasteiger partial charge in [0.1, 0.15) is 27.9 Å². The van der Waals surface area contributed by atoms with Crippen LogP contribution < -0.4 is 21.3 Å². The molecule has 1 amide bonds. The van der Waals surface area contributed by atoms with Crippen LogP contribution in [0.5, 0.6) is 0 Å². The Morgan fingerprint density at radius 1 is 1.32 bits per heavy atom. The van der Waals surface area contributed by atoms with Crippen molar-refractivity contribution in [2.75, 3.05) is 44.5 Å². The number of nitrogens with one attached hydrogen (secondary N) is 2. The first-order valence-electron chi connectivity index (χ1n) is 12.5. The van der Waals surface area contributed by atoms with Gasteiger partial charge in [-0.25, -0.2) is 23.1 Å². The number of hydrogen-bond donors (Lipinski definition) is 3. The fourth-order valence-corrected chi connectivity index (χ4v) is 6.46. The van der Waals surface area contributed by atoms with Gasteiger partial charge < -0.3 is 26.0 Å². The molecule has 4 N–H and O–H groups in total. The summed E-state index contributed by atoms with van der Waals surface area (Å²) in [6, 6.07) is 4.65. The topological polar surface area (TPSA) is 105 Å². The van der Waals surface area contributed by atoms with Crippen molar-refractivity contribution in [1.82, 2.24) is 20.6 Å². The number of aromatic nitrogens is 2. The fourth-order valence-electron chi connectivity index (χ4n) is 5.43. The summed E-state index contributed by atoms with van der Waals surface area (Å²) in [6.45, 7) is 1.57. The lowest BCUT2D eigenvalue weighted by molar-refractivity contribution is -0.107. The number of alkyl halides is 2. The number of methoxy groups -OCH3 is 1. The number of nitrogens with two attached hydrogens (primary N) is 1. The number of hydrogen-bond acceptors (Lipinski definition) is 8. The second-order valence-corrected chi connectivity index (χ2v) is 11.0. The van der Waals surface area contributed by atoms with Crippen LogP contribution in [0.1, 0.15) is 33.0 Å². The molecule has 4 heterocycles. The Labute approximate surface area is 222 Å². The molecular formula is C26H31F3N6O2S. The van der Waals surface area contributed by atoms with Crippen LogP contribution in [0.3, 0.4) is 0 Å². The van der Waals surface area contributed by atoms with E-state index < -0.39 is 24.3 Å². The first-order chi connectivity index (χ1) is 18.1. The molecule has 1 aliphatic carbocycles. The molecule has 204 valence electrons. The van der Waals surface area contributed by atoms with Gasteiger partial charge in [-0.3, -0.25) is 4.79 Å². The molecule has 3 atom stereocenters. The number of ether oxygens (including phenoxy) is 1. The molecule has 12 heteroatoms. The lowest BCUT2D eigenvalue weighted by atomic mass is 9.91. The third-order valence-electron chi connectivity index (χ3n) is 7.53. The molecule has 8 nitrogen and oxygen atoms in total. The molecule has 3 aromatic rings. The first-order valence-corrected chi connectivity index (χ1v) is 13.4. The third kappa shape index (κ3) is 4.92. The summed E-state index contributed by atoms with van der Waals surface area (Å²) in [6.07, 6.45) is 1.92. The fraction of sp³-hybridized carbons (Fsp3) is 0.500. The van der Waals surface area contributed by atoms with Crippen LogP contribution in [0.25, 0.3) is 10.2 Å². The molecule has 0 bridgehead atoms. The first kappa shape index (κ1) is 26.6. The van der Waals surface area contributed by atoms with Crippen LogP contribution in [0.15, 0.2) is 18.2 Å². The van der Waals surface area contributed by atoms with Gasteiger partial charge >= 0.3 is 0 Å². The number of likely N-dealkylation sites (N-methyl/N-ethyl adjacent to an activating group) is 1. The molecule has 1 aliphatic heterocycles.